The van der Waals surface area contributed by atoms with E-state index in [1.807, 2.05) is 0 Å². The molecule has 0 saturated heterocycles. The molecule has 3 heteroatoms. The zero-order valence-corrected chi connectivity index (χ0v) is 37.6. The van der Waals surface area contributed by atoms with Crippen LogP contribution in [0.25, 0.3) is 97.7 Å². The van der Waals surface area contributed by atoms with E-state index < -0.39 is 0 Å². The molecule has 0 aliphatic rings. The summed E-state index contributed by atoms with van der Waals surface area (Å²) in [4.78, 5) is 4.89. The molecule has 0 fully saturated rings. The first-order valence-corrected chi connectivity index (χ1v) is 23.7. The lowest BCUT2D eigenvalue weighted by molar-refractivity contribution is 0.669. The third-order valence-corrected chi connectivity index (χ3v) is 14.1. The van der Waals surface area contributed by atoms with Crippen molar-refractivity contribution in [2.45, 2.75) is 0 Å². The Kier molecular flexibility index (Phi) is 8.90. The maximum absolute atomic E-state index is 7.19. The maximum Gasteiger partial charge on any atom is 0.160 e. The van der Waals surface area contributed by atoms with Crippen LogP contribution in [0, 0.1) is 0 Å². The highest BCUT2D eigenvalue weighted by atomic mass is 16.3. The van der Waals surface area contributed by atoms with Crippen molar-refractivity contribution in [3.8, 4) is 11.1 Å². The molecular weight excluding hydrogens is 837 g/mol. The highest BCUT2D eigenvalue weighted by Gasteiger charge is 2.29. The molecule has 0 unspecified atom stereocenters. The van der Waals surface area contributed by atoms with Crippen molar-refractivity contribution >= 4 is 121 Å². The summed E-state index contributed by atoms with van der Waals surface area (Å²) in [5.74, 6) is 0. The Bertz CT molecular complexity index is 4160. The molecule has 0 N–H and O–H groups in total. The van der Waals surface area contributed by atoms with E-state index >= 15 is 0 Å². The lowest BCUT2D eigenvalue weighted by Crippen LogP contribution is -2.12. The van der Waals surface area contributed by atoms with E-state index in [0.29, 0.717) is 0 Å². The summed E-state index contributed by atoms with van der Waals surface area (Å²) >= 11 is 0. The maximum atomic E-state index is 7.19. The van der Waals surface area contributed by atoms with Crippen molar-refractivity contribution in [3.05, 3.63) is 255 Å². The number of rotatable bonds is 7. The summed E-state index contributed by atoms with van der Waals surface area (Å²) in [6, 6.07) is 92.4. The van der Waals surface area contributed by atoms with Gasteiger partial charge < -0.3 is 14.2 Å². The standard InChI is InChI=1S/C66H42N2O/c1-4-24-45(25-5-1)67(46-26-6-2-7-27-46)64-54-36-18-14-32-50(54)60(51-33-15-19-37-55(51)64)61-52-34-16-20-38-56(52)65(57-39-21-17-35-53(57)61)68(47-28-8-3-9-29-47)58-42-44-23-11-13-31-49(44)63-62-48-30-12-10-22-43(48)40-41-59(62)69-66(58)63/h1-42H. The Morgan fingerprint density at radius 3 is 1.07 bits per heavy atom. The minimum absolute atomic E-state index is 0.857. The quantitative estimate of drug-likeness (QED) is 0.149. The van der Waals surface area contributed by atoms with E-state index in [0.717, 1.165) is 72.2 Å². The summed E-state index contributed by atoms with van der Waals surface area (Å²) in [7, 11) is 0. The molecule has 0 amide bonds. The van der Waals surface area contributed by atoms with Gasteiger partial charge in [-0.05, 0) is 103 Å². The second kappa shape index (κ2) is 15.7. The molecule has 13 aromatic carbocycles. The van der Waals surface area contributed by atoms with E-state index in [1.54, 1.807) is 0 Å². The Morgan fingerprint density at radius 2 is 0.609 bits per heavy atom. The Hall–Kier alpha value is -9.18. The van der Waals surface area contributed by atoms with Gasteiger partial charge in [0.05, 0.1) is 17.1 Å². The van der Waals surface area contributed by atoms with Gasteiger partial charge in [0.15, 0.2) is 5.58 Å². The fourth-order valence-corrected chi connectivity index (χ4v) is 11.3. The van der Waals surface area contributed by atoms with Crippen LogP contribution in [0.5, 0.6) is 0 Å². The Morgan fingerprint density at radius 1 is 0.261 bits per heavy atom. The molecule has 0 aliphatic carbocycles. The number of fused-ring (bicyclic) bond motifs is 11. The molecule has 1 heterocycles. The molecule has 0 atom stereocenters. The Balaban J connectivity index is 1.12. The average molecular weight is 879 g/mol. The van der Waals surface area contributed by atoms with Crippen molar-refractivity contribution in [3.63, 3.8) is 0 Å². The van der Waals surface area contributed by atoms with Crippen molar-refractivity contribution in [1.29, 1.82) is 0 Å². The van der Waals surface area contributed by atoms with Crippen molar-refractivity contribution in [2.75, 3.05) is 9.80 Å². The van der Waals surface area contributed by atoms with Crippen molar-refractivity contribution in [2.24, 2.45) is 0 Å². The second-order valence-corrected chi connectivity index (χ2v) is 17.9. The van der Waals surface area contributed by atoms with E-state index in [1.165, 1.54) is 59.6 Å². The fourth-order valence-electron chi connectivity index (χ4n) is 11.3. The van der Waals surface area contributed by atoms with Gasteiger partial charge in [-0.15, -0.1) is 0 Å². The molecule has 14 aromatic rings. The Labute approximate surface area is 398 Å². The zero-order valence-electron chi connectivity index (χ0n) is 37.6. The topological polar surface area (TPSA) is 19.6 Å². The second-order valence-electron chi connectivity index (χ2n) is 17.9. The third kappa shape index (κ3) is 6.01. The molecule has 0 radical (unpaired) electrons. The molecule has 1 aromatic heterocycles. The summed E-state index contributed by atoms with van der Waals surface area (Å²) in [5, 5.41) is 16.3. The number of hydrogen-bond acceptors (Lipinski definition) is 3. The first kappa shape index (κ1) is 39.0. The van der Waals surface area contributed by atoms with Gasteiger partial charge in [-0.2, -0.15) is 0 Å². The van der Waals surface area contributed by atoms with E-state index in [4.69, 9.17) is 4.42 Å². The lowest BCUT2D eigenvalue weighted by Gasteiger charge is -2.31. The van der Waals surface area contributed by atoms with Crippen LogP contribution in [0.15, 0.2) is 259 Å². The van der Waals surface area contributed by atoms with Crippen molar-refractivity contribution < 1.29 is 4.42 Å². The van der Waals surface area contributed by atoms with Gasteiger partial charge in [0.1, 0.15) is 5.58 Å². The van der Waals surface area contributed by atoms with Gasteiger partial charge in [0.25, 0.3) is 0 Å². The SMILES string of the molecule is c1ccc(N(c2ccccc2)c2c3ccccc3c(-c3c4ccccc4c(N(c4ccccc4)c4cc5ccccc5c5c4oc4ccc6ccccc6c45)c4ccccc34)c3ccccc23)cc1. The number of para-hydroxylation sites is 3. The fraction of sp³-hybridized carbons (Fsp3) is 0. The van der Waals surface area contributed by atoms with E-state index in [2.05, 4.69) is 265 Å². The van der Waals surface area contributed by atoms with Crippen LogP contribution in [-0.2, 0) is 0 Å². The molecule has 322 valence electrons. The molecule has 0 saturated carbocycles. The third-order valence-electron chi connectivity index (χ3n) is 14.1. The molecule has 0 bridgehead atoms. The minimum atomic E-state index is 0.857. The van der Waals surface area contributed by atoms with Crippen LogP contribution in [0.3, 0.4) is 0 Å². The number of hydrogen-bond donors (Lipinski definition) is 0. The van der Waals surface area contributed by atoms with Gasteiger partial charge in [-0.1, -0.05) is 206 Å². The van der Waals surface area contributed by atoms with Gasteiger partial charge in [-0.3, -0.25) is 0 Å². The minimum Gasteiger partial charge on any atom is -0.454 e. The molecule has 14 rings (SSSR count). The smallest absolute Gasteiger partial charge is 0.160 e. The summed E-state index contributed by atoms with van der Waals surface area (Å²) in [5.41, 5.74) is 10.7. The number of benzene rings is 13. The van der Waals surface area contributed by atoms with Crippen LogP contribution >= 0.6 is 0 Å². The molecular formula is C66H42N2O. The molecule has 0 spiro atoms. The number of furan rings is 1. The predicted octanol–water partition coefficient (Wildman–Crippen LogP) is 19.1. The van der Waals surface area contributed by atoms with Gasteiger partial charge in [0, 0.05) is 49.4 Å². The first-order chi connectivity index (χ1) is 34.3. The van der Waals surface area contributed by atoms with Gasteiger partial charge in [-0.25, -0.2) is 0 Å². The van der Waals surface area contributed by atoms with Crippen LogP contribution in [0.1, 0.15) is 0 Å². The zero-order chi connectivity index (χ0) is 45.4. The monoisotopic (exact) mass is 878 g/mol. The van der Waals surface area contributed by atoms with Crippen LogP contribution < -0.4 is 9.80 Å². The van der Waals surface area contributed by atoms with Gasteiger partial charge in [0.2, 0.25) is 0 Å². The molecule has 69 heavy (non-hydrogen) atoms. The van der Waals surface area contributed by atoms with E-state index in [9.17, 15) is 0 Å². The summed E-state index contributed by atoms with van der Waals surface area (Å²) < 4.78 is 7.19. The lowest BCUT2D eigenvalue weighted by atomic mass is 9.84. The molecule has 3 nitrogen and oxygen atoms in total. The summed E-state index contributed by atoms with van der Waals surface area (Å²) in [6.07, 6.45) is 0. The van der Waals surface area contributed by atoms with Crippen LogP contribution in [-0.4, -0.2) is 0 Å². The average Bonchev–Trinajstić information content (AvgIpc) is 3.83. The number of nitrogens with zero attached hydrogens (tertiary/aromatic N) is 2. The van der Waals surface area contributed by atoms with E-state index in [-0.39, 0.29) is 0 Å². The number of anilines is 6. The normalized spacial score (nSPS) is 11.8. The molecule has 0 aliphatic heterocycles. The first-order valence-electron chi connectivity index (χ1n) is 23.7. The van der Waals surface area contributed by atoms with Gasteiger partial charge >= 0.3 is 0 Å². The van der Waals surface area contributed by atoms with Crippen LogP contribution in [0.2, 0.25) is 0 Å². The van der Waals surface area contributed by atoms with Crippen molar-refractivity contribution in [1.82, 2.24) is 0 Å². The predicted molar refractivity (Wildman–Crippen MR) is 294 cm³/mol. The summed E-state index contributed by atoms with van der Waals surface area (Å²) in [6.45, 7) is 0. The van der Waals surface area contributed by atoms with Crippen LogP contribution in [0.4, 0.5) is 34.1 Å². The highest BCUT2D eigenvalue weighted by Crippen LogP contribution is 2.55. The largest absolute Gasteiger partial charge is 0.454 e. The highest BCUT2D eigenvalue weighted by molar-refractivity contribution is 6.33.